The topological polar surface area (TPSA) is 56.7 Å². The minimum absolute atomic E-state index is 0.0893. The number of carbonyl (C=O) groups excluding carboxylic acids is 1. The molecule has 0 saturated carbocycles. The number of aryl methyl sites for hydroxylation is 2. The molecule has 1 aromatic heterocycles. The summed E-state index contributed by atoms with van der Waals surface area (Å²) in [6, 6.07) is 0. The molecular weight excluding hydrogens is 274 g/mol. The van der Waals surface area contributed by atoms with Gasteiger partial charge in [-0.3, -0.25) is 4.79 Å². The quantitative estimate of drug-likeness (QED) is 0.894. The highest BCUT2D eigenvalue weighted by Gasteiger charge is 2.38. The summed E-state index contributed by atoms with van der Waals surface area (Å²) in [7, 11) is 3.87. The summed E-state index contributed by atoms with van der Waals surface area (Å²) in [5.74, 6) is 0.0893. The number of likely N-dealkylation sites (tertiary alicyclic amines) is 1. The Morgan fingerprint density at radius 1 is 1.50 bits per heavy atom. The zero-order chi connectivity index (χ0) is 14.9. The largest absolute Gasteiger partial charge is 0.387 e. The van der Waals surface area contributed by atoms with E-state index in [4.69, 9.17) is 0 Å². The molecule has 0 spiro atoms. The van der Waals surface area contributed by atoms with E-state index in [1.807, 2.05) is 32.8 Å². The molecule has 1 N–H and O–H groups in total. The molecule has 1 fully saturated rings. The van der Waals surface area contributed by atoms with E-state index >= 15 is 0 Å². The molecular formula is C14H23N3O2S. The van der Waals surface area contributed by atoms with Gasteiger partial charge in [0.05, 0.1) is 29.3 Å². The van der Waals surface area contributed by atoms with Crippen molar-refractivity contribution in [1.29, 1.82) is 0 Å². The van der Waals surface area contributed by atoms with Gasteiger partial charge in [-0.15, -0.1) is 11.3 Å². The second kappa shape index (κ2) is 5.79. The molecule has 2 rings (SSSR count). The number of rotatable bonds is 4. The van der Waals surface area contributed by atoms with E-state index in [2.05, 4.69) is 4.98 Å². The van der Waals surface area contributed by atoms with Gasteiger partial charge in [-0.25, -0.2) is 4.98 Å². The van der Waals surface area contributed by atoms with Gasteiger partial charge in [-0.05, 0) is 34.4 Å². The molecule has 5 nitrogen and oxygen atoms in total. The first-order chi connectivity index (χ1) is 9.29. The van der Waals surface area contributed by atoms with Gasteiger partial charge in [0, 0.05) is 18.0 Å². The van der Waals surface area contributed by atoms with E-state index in [0.29, 0.717) is 32.5 Å². The van der Waals surface area contributed by atoms with Crippen molar-refractivity contribution >= 4 is 17.2 Å². The third-order valence-electron chi connectivity index (χ3n) is 3.61. The van der Waals surface area contributed by atoms with Gasteiger partial charge in [0.2, 0.25) is 5.91 Å². The first-order valence-corrected chi connectivity index (χ1v) is 7.68. The number of thiazole rings is 1. The molecule has 1 atom stereocenters. The summed E-state index contributed by atoms with van der Waals surface area (Å²) >= 11 is 1.58. The maximum Gasteiger partial charge on any atom is 0.227 e. The SMILES string of the molecule is Cc1nc(C)c(CC(=O)N2CC[C@](O)(CN(C)C)C2)s1. The first kappa shape index (κ1) is 15.4. The second-order valence-corrected chi connectivity index (χ2v) is 7.23. The van der Waals surface area contributed by atoms with Crippen LogP contribution in [0.2, 0.25) is 0 Å². The number of hydrogen-bond donors (Lipinski definition) is 1. The van der Waals surface area contributed by atoms with Gasteiger partial charge in [0.15, 0.2) is 0 Å². The van der Waals surface area contributed by atoms with Gasteiger partial charge in [-0.2, -0.15) is 0 Å². The van der Waals surface area contributed by atoms with Crippen LogP contribution in [-0.4, -0.2) is 65.1 Å². The molecule has 1 amide bonds. The lowest BCUT2D eigenvalue weighted by Gasteiger charge is -2.26. The average Bonchev–Trinajstić information content (AvgIpc) is 2.82. The maximum atomic E-state index is 12.3. The van der Waals surface area contributed by atoms with E-state index in [1.165, 1.54) is 0 Å². The Hall–Kier alpha value is -0.980. The molecule has 1 aliphatic heterocycles. The third kappa shape index (κ3) is 3.56. The number of aromatic nitrogens is 1. The number of hydrogen-bond acceptors (Lipinski definition) is 5. The van der Waals surface area contributed by atoms with Crippen LogP contribution >= 0.6 is 11.3 Å². The summed E-state index contributed by atoms with van der Waals surface area (Å²) in [5.41, 5.74) is 0.182. The summed E-state index contributed by atoms with van der Waals surface area (Å²) < 4.78 is 0. The number of carbonyl (C=O) groups is 1. The maximum absolute atomic E-state index is 12.3. The fourth-order valence-corrected chi connectivity index (χ4v) is 3.70. The van der Waals surface area contributed by atoms with Crippen LogP contribution in [0.15, 0.2) is 0 Å². The summed E-state index contributed by atoms with van der Waals surface area (Å²) in [4.78, 5) is 21.5. The van der Waals surface area contributed by atoms with Crippen molar-refractivity contribution in [1.82, 2.24) is 14.8 Å². The summed E-state index contributed by atoms with van der Waals surface area (Å²) in [5, 5.41) is 11.5. The molecule has 0 aliphatic carbocycles. The smallest absolute Gasteiger partial charge is 0.227 e. The van der Waals surface area contributed by atoms with Crippen LogP contribution in [0.1, 0.15) is 22.0 Å². The molecule has 112 valence electrons. The van der Waals surface area contributed by atoms with Crippen molar-refractivity contribution in [3.63, 3.8) is 0 Å². The highest BCUT2D eigenvalue weighted by molar-refractivity contribution is 7.11. The van der Waals surface area contributed by atoms with Gasteiger partial charge in [0.25, 0.3) is 0 Å². The van der Waals surface area contributed by atoms with Crippen molar-refractivity contribution in [3.05, 3.63) is 15.6 Å². The van der Waals surface area contributed by atoms with Crippen LogP contribution in [0.3, 0.4) is 0 Å². The van der Waals surface area contributed by atoms with Crippen molar-refractivity contribution in [2.75, 3.05) is 33.7 Å². The van der Waals surface area contributed by atoms with Gasteiger partial charge in [-0.1, -0.05) is 0 Å². The van der Waals surface area contributed by atoms with Crippen LogP contribution in [0.4, 0.5) is 0 Å². The van der Waals surface area contributed by atoms with E-state index < -0.39 is 5.60 Å². The molecule has 1 aliphatic rings. The Morgan fingerprint density at radius 3 is 2.75 bits per heavy atom. The van der Waals surface area contributed by atoms with Crippen LogP contribution < -0.4 is 0 Å². The molecule has 0 aromatic carbocycles. The molecule has 1 aromatic rings. The van der Waals surface area contributed by atoms with Gasteiger partial charge >= 0.3 is 0 Å². The predicted molar refractivity (Wildman–Crippen MR) is 80.0 cm³/mol. The fourth-order valence-electron chi connectivity index (χ4n) is 2.77. The number of β-amino-alcohol motifs (C(OH)–C–C–N with tert-alkyl or cyclic N) is 1. The monoisotopic (exact) mass is 297 g/mol. The zero-order valence-electron chi connectivity index (χ0n) is 12.6. The lowest BCUT2D eigenvalue weighted by molar-refractivity contribution is -0.130. The predicted octanol–water partition coefficient (Wildman–Crippen LogP) is 0.827. The van der Waals surface area contributed by atoms with E-state index in [1.54, 1.807) is 16.2 Å². The van der Waals surface area contributed by atoms with Crippen LogP contribution in [0.25, 0.3) is 0 Å². The average molecular weight is 297 g/mol. The second-order valence-electron chi connectivity index (χ2n) is 5.95. The molecule has 2 heterocycles. The lowest BCUT2D eigenvalue weighted by atomic mass is 10.0. The third-order valence-corrected chi connectivity index (χ3v) is 4.68. The molecule has 0 bridgehead atoms. The summed E-state index contributed by atoms with van der Waals surface area (Å²) in [6.07, 6.45) is 1.05. The highest BCUT2D eigenvalue weighted by Crippen LogP contribution is 2.24. The minimum Gasteiger partial charge on any atom is -0.387 e. The Bertz CT molecular complexity index is 501. The summed E-state index contributed by atoms with van der Waals surface area (Å²) in [6.45, 7) is 5.56. The number of nitrogens with zero attached hydrogens (tertiary/aromatic N) is 3. The van der Waals surface area contributed by atoms with Crippen molar-refractivity contribution in [2.24, 2.45) is 0 Å². The minimum atomic E-state index is -0.766. The number of aliphatic hydroxyl groups is 1. The highest BCUT2D eigenvalue weighted by atomic mass is 32.1. The van der Waals surface area contributed by atoms with Crippen LogP contribution in [0.5, 0.6) is 0 Å². The normalized spacial score (nSPS) is 22.8. The standard InChI is InChI=1S/C14H23N3O2S/c1-10-12(20-11(2)15-10)7-13(18)17-6-5-14(19,9-17)8-16(3)4/h19H,5-9H2,1-4H3/t14-/m0/s1. The molecule has 0 radical (unpaired) electrons. The van der Waals surface area contributed by atoms with Crippen LogP contribution in [0, 0.1) is 13.8 Å². The molecule has 1 saturated heterocycles. The van der Waals surface area contributed by atoms with Gasteiger partial charge < -0.3 is 14.9 Å². The Balaban J connectivity index is 1.96. The van der Waals surface area contributed by atoms with Crippen molar-refractivity contribution in [2.45, 2.75) is 32.3 Å². The van der Waals surface area contributed by atoms with Crippen molar-refractivity contribution < 1.29 is 9.90 Å². The Kier molecular flexibility index (Phi) is 4.46. The van der Waals surface area contributed by atoms with E-state index in [-0.39, 0.29) is 5.91 Å². The van der Waals surface area contributed by atoms with E-state index in [0.717, 1.165) is 15.6 Å². The Labute approximate surface area is 124 Å². The molecule has 6 heteroatoms. The number of amides is 1. The molecule has 20 heavy (non-hydrogen) atoms. The Morgan fingerprint density at radius 2 is 2.20 bits per heavy atom. The van der Waals surface area contributed by atoms with Gasteiger partial charge in [0.1, 0.15) is 0 Å². The fraction of sp³-hybridized carbons (Fsp3) is 0.714. The molecule has 0 unspecified atom stereocenters. The first-order valence-electron chi connectivity index (χ1n) is 6.87. The van der Waals surface area contributed by atoms with Crippen LogP contribution in [-0.2, 0) is 11.2 Å². The van der Waals surface area contributed by atoms with Crippen molar-refractivity contribution in [3.8, 4) is 0 Å². The lowest BCUT2D eigenvalue weighted by Crippen LogP contribution is -2.43. The van der Waals surface area contributed by atoms with E-state index in [9.17, 15) is 9.90 Å². The zero-order valence-corrected chi connectivity index (χ0v) is 13.5. The number of likely N-dealkylation sites (N-methyl/N-ethyl adjacent to an activating group) is 1.